The van der Waals surface area contributed by atoms with Crippen LogP contribution in [-0.2, 0) is 13.1 Å². The molecule has 0 aliphatic heterocycles. The number of pyridine rings is 1. The van der Waals surface area contributed by atoms with Gasteiger partial charge in [-0.1, -0.05) is 6.07 Å². The molecule has 0 unspecified atom stereocenters. The highest BCUT2D eigenvalue weighted by Gasteiger charge is 1.99. The maximum atomic E-state index is 5.53. The Morgan fingerprint density at radius 1 is 1.27 bits per heavy atom. The molecule has 0 radical (unpaired) electrons. The minimum Gasteiger partial charge on any atom is -0.325 e. The van der Waals surface area contributed by atoms with E-state index in [9.17, 15) is 0 Å². The molecule has 0 amide bonds. The molecular weight excluding hydrogens is 188 g/mol. The first-order chi connectivity index (χ1) is 7.28. The van der Waals surface area contributed by atoms with Crippen molar-refractivity contribution in [2.45, 2.75) is 20.0 Å². The lowest BCUT2D eigenvalue weighted by Gasteiger charge is -2.03. The summed E-state index contributed by atoms with van der Waals surface area (Å²) in [5, 5.41) is 4.31. The van der Waals surface area contributed by atoms with E-state index in [2.05, 4.69) is 10.1 Å². The molecule has 2 N–H and O–H groups in total. The van der Waals surface area contributed by atoms with Gasteiger partial charge >= 0.3 is 0 Å². The van der Waals surface area contributed by atoms with Crippen LogP contribution in [0.15, 0.2) is 30.5 Å². The zero-order chi connectivity index (χ0) is 10.7. The molecule has 0 atom stereocenters. The molecule has 2 rings (SSSR count). The molecule has 2 aromatic heterocycles. The Morgan fingerprint density at radius 2 is 2.07 bits per heavy atom. The normalized spacial score (nSPS) is 10.5. The Balaban J connectivity index is 2.16. The van der Waals surface area contributed by atoms with Gasteiger partial charge in [0.05, 0.1) is 23.6 Å². The van der Waals surface area contributed by atoms with E-state index in [-0.39, 0.29) is 0 Å². The third-order valence-corrected chi connectivity index (χ3v) is 2.17. The van der Waals surface area contributed by atoms with Gasteiger partial charge in [0.15, 0.2) is 0 Å². The fourth-order valence-electron chi connectivity index (χ4n) is 1.45. The number of nitrogens with zero attached hydrogens (tertiary/aromatic N) is 3. The minimum absolute atomic E-state index is 0.478. The van der Waals surface area contributed by atoms with E-state index in [1.165, 1.54) is 0 Å². The molecule has 0 aliphatic carbocycles. The third-order valence-electron chi connectivity index (χ3n) is 2.17. The summed E-state index contributed by atoms with van der Waals surface area (Å²) in [5.41, 5.74) is 8.45. The smallest absolute Gasteiger partial charge is 0.0831 e. The van der Waals surface area contributed by atoms with Gasteiger partial charge in [-0.15, -0.1) is 0 Å². The third kappa shape index (κ3) is 2.41. The highest BCUT2D eigenvalue weighted by Crippen LogP contribution is 2.02. The Bertz CT molecular complexity index is 447. The fourth-order valence-corrected chi connectivity index (χ4v) is 1.45. The van der Waals surface area contributed by atoms with Gasteiger partial charge in [-0.3, -0.25) is 9.67 Å². The summed E-state index contributed by atoms with van der Waals surface area (Å²) in [6.07, 6.45) is 1.95. The van der Waals surface area contributed by atoms with Gasteiger partial charge < -0.3 is 5.73 Å². The molecule has 0 saturated heterocycles. The van der Waals surface area contributed by atoms with Crippen LogP contribution in [0.2, 0.25) is 0 Å². The van der Waals surface area contributed by atoms with Gasteiger partial charge in [0.25, 0.3) is 0 Å². The average Bonchev–Trinajstić information content (AvgIpc) is 2.64. The summed E-state index contributed by atoms with van der Waals surface area (Å²) in [5.74, 6) is 0. The van der Waals surface area contributed by atoms with Crippen LogP contribution in [0.1, 0.15) is 17.1 Å². The zero-order valence-electron chi connectivity index (χ0n) is 8.72. The predicted octanol–water partition coefficient (Wildman–Crippen LogP) is 1.09. The van der Waals surface area contributed by atoms with E-state index in [0.717, 1.165) is 17.1 Å². The number of hydrogen-bond donors (Lipinski definition) is 1. The number of nitrogens with two attached hydrogens (primary N) is 1. The van der Waals surface area contributed by atoms with Crippen molar-refractivity contribution in [3.05, 3.63) is 47.5 Å². The van der Waals surface area contributed by atoms with Crippen molar-refractivity contribution in [3.63, 3.8) is 0 Å². The van der Waals surface area contributed by atoms with Crippen LogP contribution in [0.25, 0.3) is 0 Å². The van der Waals surface area contributed by atoms with Crippen LogP contribution in [0.5, 0.6) is 0 Å². The first-order valence-corrected chi connectivity index (χ1v) is 4.93. The Hall–Kier alpha value is -1.68. The average molecular weight is 202 g/mol. The van der Waals surface area contributed by atoms with Crippen molar-refractivity contribution in [1.82, 2.24) is 14.8 Å². The van der Waals surface area contributed by atoms with Crippen LogP contribution in [0.3, 0.4) is 0 Å². The molecule has 0 aromatic carbocycles. The molecule has 2 heterocycles. The second-order valence-corrected chi connectivity index (χ2v) is 3.48. The van der Waals surface area contributed by atoms with Crippen LogP contribution in [0, 0.1) is 6.92 Å². The molecule has 15 heavy (non-hydrogen) atoms. The zero-order valence-corrected chi connectivity index (χ0v) is 8.72. The Kier molecular flexibility index (Phi) is 2.78. The first kappa shape index (κ1) is 9.86. The minimum atomic E-state index is 0.478. The molecule has 0 aliphatic rings. The highest BCUT2D eigenvalue weighted by atomic mass is 15.3. The first-order valence-electron chi connectivity index (χ1n) is 4.93. The lowest BCUT2D eigenvalue weighted by Crippen LogP contribution is -2.06. The van der Waals surface area contributed by atoms with Gasteiger partial charge in [-0.25, -0.2) is 0 Å². The van der Waals surface area contributed by atoms with E-state index < -0.39 is 0 Å². The van der Waals surface area contributed by atoms with E-state index in [1.54, 1.807) is 0 Å². The molecule has 0 bridgehead atoms. The molecule has 2 aromatic rings. The van der Waals surface area contributed by atoms with Crippen molar-refractivity contribution in [2.75, 3.05) is 0 Å². The number of rotatable bonds is 3. The van der Waals surface area contributed by atoms with Crippen molar-refractivity contribution in [2.24, 2.45) is 5.73 Å². The van der Waals surface area contributed by atoms with Gasteiger partial charge in [-0.2, -0.15) is 5.10 Å². The van der Waals surface area contributed by atoms with E-state index >= 15 is 0 Å². The van der Waals surface area contributed by atoms with Gasteiger partial charge in [0, 0.05) is 12.7 Å². The molecule has 0 spiro atoms. The molecule has 4 nitrogen and oxygen atoms in total. The van der Waals surface area contributed by atoms with E-state index in [4.69, 9.17) is 5.73 Å². The topological polar surface area (TPSA) is 56.7 Å². The largest absolute Gasteiger partial charge is 0.325 e. The van der Waals surface area contributed by atoms with Crippen LogP contribution in [-0.4, -0.2) is 14.8 Å². The van der Waals surface area contributed by atoms with Gasteiger partial charge in [0.1, 0.15) is 0 Å². The fraction of sp³-hybridized carbons (Fsp3) is 0.273. The SMILES string of the molecule is Cc1ccn(Cc2cccc(CN)n2)n1. The highest BCUT2D eigenvalue weighted by molar-refractivity contribution is 5.11. The van der Waals surface area contributed by atoms with Crippen molar-refractivity contribution in [3.8, 4) is 0 Å². The summed E-state index contributed by atoms with van der Waals surface area (Å²) in [7, 11) is 0. The quantitative estimate of drug-likeness (QED) is 0.810. The van der Waals surface area contributed by atoms with Crippen LogP contribution < -0.4 is 5.73 Å². The van der Waals surface area contributed by atoms with Gasteiger partial charge in [0.2, 0.25) is 0 Å². The standard InChI is InChI=1S/C11H14N4/c1-9-5-6-15(14-9)8-11-4-2-3-10(7-12)13-11/h2-6H,7-8,12H2,1H3. The van der Waals surface area contributed by atoms with E-state index in [0.29, 0.717) is 13.1 Å². The molecular formula is C11H14N4. The Labute approximate surface area is 88.8 Å². The maximum Gasteiger partial charge on any atom is 0.0831 e. The number of hydrogen-bond acceptors (Lipinski definition) is 3. The molecule has 4 heteroatoms. The summed E-state index contributed by atoms with van der Waals surface area (Å²) in [4.78, 5) is 4.41. The second-order valence-electron chi connectivity index (χ2n) is 3.48. The second kappa shape index (κ2) is 4.23. The number of aryl methyl sites for hydroxylation is 1. The molecule has 0 saturated carbocycles. The maximum absolute atomic E-state index is 5.53. The summed E-state index contributed by atoms with van der Waals surface area (Å²) >= 11 is 0. The monoisotopic (exact) mass is 202 g/mol. The van der Waals surface area contributed by atoms with Crippen LogP contribution >= 0.6 is 0 Å². The molecule has 0 fully saturated rings. The lowest BCUT2D eigenvalue weighted by atomic mass is 10.3. The summed E-state index contributed by atoms with van der Waals surface area (Å²) in [6, 6.07) is 7.86. The molecule has 78 valence electrons. The summed E-state index contributed by atoms with van der Waals surface area (Å²) in [6.45, 7) is 3.15. The van der Waals surface area contributed by atoms with E-state index in [1.807, 2.05) is 42.1 Å². The van der Waals surface area contributed by atoms with Crippen molar-refractivity contribution in [1.29, 1.82) is 0 Å². The summed E-state index contributed by atoms with van der Waals surface area (Å²) < 4.78 is 1.87. The van der Waals surface area contributed by atoms with Crippen molar-refractivity contribution >= 4 is 0 Å². The van der Waals surface area contributed by atoms with Gasteiger partial charge in [-0.05, 0) is 25.1 Å². The lowest BCUT2D eigenvalue weighted by molar-refractivity contribution is 0.663. The number of aromatic nitrogens is 3. The Morgan fingerprint density at radius 3 is 2.73 bits per heavy atom. The van der Waals surface area contributed by atoms with Crippen LogP contribution in [0.4, 0.5) is 0 Å². The van der Waals surface area contributed by atoms with Crippen molar-refractivity contribution < 1.29 is 0 Å². The predicted molar refractivity (Wildman–Crippen MR) is 58.2 cm³/mol.